The van der Waals surface area contributed by atoms with Gasteiger partial charge in [-0.25, -0.2) is 4.68 Å². The molecule has 1 fully saturated rings. The molecule has 0 atom stereocenters. The van der Waals surface area contributed by atoms with Crippen molar-refractivity contribution in [2.24, 2.45) is 0 Å². The summed E-state index contributed by atoms with van der Waals surface area (Å²) in [6.45, 7) is 4.58. The molecule has 2 N–H and O–H groups in total. The number of nitrogens with zero attached hydrogens (tertiary/aromatic N) is 3. The van der Waals surface area contributed by atoms with Crippen molar-refractivity contribution in [2.45, 2.75) is 25.8 Å². The summed E-state index contributed by atoms with van der Waals surface area (Å²) >= 11 is 5.82. The highest BCUT2D eigenvalue weighted by Crippen LogP contribution is 2.20. The summed E-state index contributed by atoms with van der Waals surface area (Å²) in [6.07, 6.45) is 2.00. The first-order valence-electron chi connectivity index (χ1n) is 8.44. The van der Waals surface area contributed by atoms with Gasteiger partial charge in [-0.15, -0.1) is 5.10 Å². The summed E-state index contributed by atoms with van der Waals surface area (Å²) in [7, 11) is 0. The number of hydrogen-bond acceptors (Lipinski definition) is 5. The molecule has 0 unspecified atom stereocenters. The topological polar surface area (TPSA) is 81.1 Å². The second-order valence-electron chi connectivity index (χ2n) is 6.01. The summed E-state index contributed by atoms with van der Waals surface area (Å²) in [4.78, 5) is 12.3. The van der Waals surface area contributed by atoms with Crippen molar-refractivity contribution in [3.63, 3.8) is 0 Å². The number of amides is 1. The average molecular weight is 364 g/mol. The molecule has 2 aromatic rings. The van der Waals surface area contributed by atoms with Gasteiger partial charge in [0.2, 0.25) is 0 Å². The standard InChI is InChI=1S/C17H22ClN5O2/c1-12-16(21-22-23(12)14-6-8-19-9-7-14)17(24)20-10-11-25-15-4-2-13(18)3-5-15/h2-5,14,19H,6-11H2,1H3,(H,20,24). The zero-order chi connectivity index (χ0) is 17.6. The van der Waals surface area contributed by atoms with Crippen LogP contribution in [0.15, 0.2) is 24.3 Å². The van der Waals surface area contributed by atoms with Crippen LogP contribution in [0.3, 0.4) is 0 Å². The van der Waals surface area contributed by atoms with E-state index in [2.05, 4.69) is 20.9 Å². The number of piperidine rings is 1. The molecule has 1 saturated heterocycles. The maximum Gasteiger partial charge on any atom is 0.273 e. The van der Waals surface area contributed by atoms with Crippen LogP contribution in [0.1, 0.15) is 35.1 Å². The minimum Gasteiger partial charge on any atom is -0.492 e. The van der Waals surface area contributed by atoms with Crippen molar-refractivity contribution in [2.75, 3.05) is 26.2 Å². The van der Waals surface area contributed by atoms with Crippen LogP contribution in [0.2, 0.25) is 5.02 Å². The van der Waals surface area contributed by atoms with Gasteiger partial charge in [-0.3, -0.25) is 4.79 Å². The number of benzene rings is 1. The van der Waals surface area contributed by atoms with Gasteiger partial charge in [-0.05, 0) is 57.1 Å². The Morgan fingerprint density at radius 1 is 1.36 bits per heavy atom. The predicted octanol–water partition coefficient (Wildman–Crippen LogP) is 1.97. The van der Waals surface area contributed by atoms with Crippen molar-refractivity contribution in [3.8, 4) is 5.75 Å². The molecular weight excluding hydrogens is 342 g/mol. The van der Waals surface area contributed by atoms with Gasteiger partial charge in [0.1, 0.15) is 12.4 Å². The number of nitrogens with one attached hydrogen (secondary N) is 2. The van der Waals surface area contributed by atoms with Gasteiger partial charge in [-0.2, -0.15) is 0 Å². The summed E-state index contributed by atoms with van der Waals surface area (Å²) in [5.74, 6) is 0.490. The van der Waals surface area contributed by atoms with E-state index in [1.807, 2.05) is 11.6 Å². The monoisotopic (exact) mass is 363 g/mol. The maximum absolute atomic E-state index is 12.3. The first-order chi connectivity index (χ1) is 12.1. The zero-order valence-corrected chi connectivity index (χ0v) is 14.9. The van der Waals surface area contributed by atoms with Crippen molar-refractivity contribution >= 4 is 17.5 Å². The van der Waals surface area contributed by atoms with Crippen molar-refractivity contribution in [1.82, 2.24) is 25.6 Å². The molecule has 1 aromatic heterocycles. The summed E-state index contributed by atoms with van der Waals surface area (Å²) < 4.78 is 7.43. The highest BCUT2D eigenvalue weighted by Gasteiger charge is 2.22. The Morgan fingerprint density at radius 2 is 2.08 bits per heavy atom. The van der Waals surface area contributed by atoms with Gasteiger partial charge in [0.25, 0.3) is 5.91 Å². The molecule has 2 heterocycles. The van der Waals surface area contributed by atoms with Gasteiger partial charge in [0.05, 0.1) is 18.3 Å². The second kappa shape index (κ2) is 8.31. The lowest BCUT2D eigenvalue weighted by Gasteiger charge is -2.23. The van der Waals surface area contributed by atoms with Gasteiger partial charge in [0.15, 0.2) is 5.69 Å². The molecule has 0 spiro atoms. The number of carbonyl (C=O) groups excluding carboxylic acids is 1. The Kier molecular flexibility index (Phi) is 5.88. The third-order valence-electron chi connectivity index (χ3n) is 4.27. The zero-order valence-electron chi connectivity index (χ0n) is 14.2. The van der Waals surface area contributed by atoms with Crippen molar-refractivity contribution in [3.05, 3.63) is 40.7 Å². The smallest absolute Gasteiger partial charge is 0.273 e. The van der Waals surface area contributed by atoms with Gasteiger partial charge < -0.3 is 15.4 Å². The highest BCUT2D eigenvalue weighted by atomic mass is 35.5. The van der Waals surface area contributed by atoms with E-state index in [4.69, 9.17) is 16.3 Å². The largest absolute Gasteiger partial charge is 0.492 e. The molecular formula is C17H22ClN5O2. The molecule has 1 aliphatic heterocycles. The fourth-order valence-corrected chi connectivity index (χ4v) is 3.02. The number of rotatable bonds is 6. The number of ether oxygens (including phenoxy) is 1. The lowest BCUT2D eigenvalue weighted by molar-refractivity contribution is 0.0941. The van der Waals surface area contributed by atoms with E-state index in [9.17, 15) is 4.79 Å². The Labute approximate surface area is 151 Å². The molecule has 25 heavy (non-hydrogen) atoms. The molecule has 7 nitrogen and oxygen atoms in total. The van der Waals surface area contributed by atoms with E-state index in [0.717, 1.165) is 31.6 Å². The lowest BCUT2D eigenvalue weighted by atomic mass is 10.1. The van der Waals surface area contributed by atoms with E-state index in [1.165, 1.54) is 0 Å². The number of carbonyl (C=O) groups is 1. The molecule has 0 radical (unpaired) electrons. The molecule has 0 aliphatic carbocycles. The van der Waals surface area contributed by atoms with Gasteiger partial charge in [0, 0.05) is 5.02 Å². The van der Waals surface area contributed by atoms with E-state index in [-0.39, 0.29) is 5.91 Å². The first kappa shape index (κ1) is 17.7. The van der Waals surface area contributed by atoms with Crippen LogP contribution in [0.25, 0.3) is 0 Å². The molecule has 1 aromatic carbocycles. The van der Waals surface area contributed by atoms with Crippen molar-refractivity contribution < 1.29 is 9.53 Å². The van der Waals surface area contributed by atoms with Gasteiger partial charge >= 0.3 is 0 Å². The van der Waals surface area contributed by atoms with Crippen LogP contribution >= 0.6 is 11.6 Å². The SMILES string of the molecule is Cc1c(C(=O)NCCOc2ccc(Cl)cc2)nnn1C1CCNCC1. The van der Waals surface area contributed by atoms with Crippen molar-refractivity contribution in [1.29, 1.82) is 0 Å². The van der Waals surface area contributed by atoms with Crippen LogP contribution in [0.4, 0.5) is 0 Å². The first-order valence-corrected chi connectivity index (χ1v) is 8.82. The molecule has 8 heteroatoms. The number of halogens is 1. The summed E-state index contributed by atoms with van der Waals surface area (Å²) in [6, 6.07) is 7.41. The van der Waals surface area contributed by atoms with E-state index >= 15 is 0 Å². The molecule has 0 bridgehead atoms. The Hall–Kier alpha value is -2.12. The summed E-state index contributed by atoms with van der Waals surface area (Å²) in [5, 5.41) is 15.0. The molecule has 0 saturated carbocycles. The van der Waals surface area contributed by atoms with Crippen LogP contribution in [0, 0.1) is 6.92 Å². The molecule has 1 aliphatic rings. The quantitative estimate of drug-likeness (QED) is 0.767. The number of aromatic nitrogens is 3. The third kappa shape index (κ3) is 4.49. The minimum absolute atomic E-state index is 0.225. The van der Waals surface area contributed by atoms with Crippen LogP contribution in [-0.2, 0) is 0 Å². The minimum atomic E-state index is -0.225. The summed E-state index contributed by atoms with van der Waals surface area (Å²) in [5.41, 5.74) is 1.19. The Bertz CT molecular complexity index is 710. The Morgan fingerprint density at radius 3 is 2.80 bits per heavy atom. The van der Waals surface area contributed by atoms with Crippen LogP contribution < -0.4 is 15.4 Å². The highest BCUT2D eigenvalue weighted by molar-refractivity contribution is 6.30. The normalized spacial score (nSPS) is 15.1. The lowest BCUT2D eigenvalue weighted by Crippen LogP contribution is -2.31. The second-order valence-corrected chi connectivity index (χ2v) is 6.44. The van der Waals surface area contributed by atoms with E-state index in [0.29, 0.717) is 35.7 Å². The van der Waals surface area contributed by atoms with E-state index < -0.39 is 0 Å². The van der Waals surface area contributed by atoms with Crippen LogP contribution in [-0.4, -0.2) is 47.1 Å². The van der Waals surface area contributed by atoms with E-state index in [1.54, 1.807) is 24.3 Å². The third-order valence-corrected chi connectivity index (χ3v) is 4.52. The fourth-order valence-electron chi connectivity index (χ4n) is 2.90. The molecule has 3 rings (SSSR count). The molecule has 134 valence electrons. The Balaban J connectivity index is 1.49. The van der Waals surface area contributed by atoms with Crippen LogP contribution in [0.5, 0.6) is 5.75 Å². The van der Waals surface area contributed by atoms with Gasteiger partial charge in [-0.1, -0.05) is 16.8 Å². The maximum atomic E-state index is 12.3. The fraction of sp³-hybridized carbons (Fsp3) is 0.471. The number of hydrogen-bond donors (Lipinski definition) is 2. The molecule has 1 amide bonds. The predicted molar refractivity (Wildman–Crippen MR) is 95.2 cm³/mol. The average Bonchev–Trinajstić information content (AvgIpc) is 3.02.